The van der Waals surface area contributed by atoms with Crippen molar-refractivity contribution in [2.45, 2.75) is 51.2 Å². The summed E-state index contributed by atoms with van der Waals surface area (Å²) in [6, 6.07) is 0.609. The molecule has 0 radical (unpaired) electrons. The molecule has 0 bridgehead atoms. The second-order valence-corrected chi connectivity index (χ2v) is 4.94. The average molecular weight is 183 g/mol. The fraction of sp³-hybridized carbons (Fsp3) is 1.00. The molecule has 1 saturated carbocycles. The van der Waals surface area contributed by atoms with E-state index in [9.17, 15) is 5.11 Å². The zero-order valence-corrected chi connectivity index (χ0v) is 8.50. The molecule has 0 spiro atoms. The van der Waals surface area contributed by atoms with Crippen molar-refractivity contribution >= 4 is 0 Å². The van der Waals surface area contributed by atoms with E-state index in [1.165, 1.54) is 25.7 Å². The van der Waals surface area contributed by atoms with E-state index in [1.807, 2.05) is 0 Å². The van der Waals surface area contributed by atoms with Crippen LogP contribution in [0.4, 0.5) is 0 Å². The van der Waals surface area contributed by atoms with Crippen molar-refractivity contribution < 1.29 is 5.11 Å². The molecule has 1 saturated heterocycles. The lowest BCUT2D eigenvalue weighted by Crippen LogP contribution is -2.33. The Morgan fingerprint density at radius 1 is 1.23 bits per heavy atom. The topological polar surface area (TPSA) is 32.3 Å². The maximum Gasteiger partial charge on any atom is 0.0679 e. The van der Waals surface area contributed by atoms with E-state index in [-0.39, 0.29) is 6.10 Å². The monoisotopic (exact) mass is 183 g/mol. The molecule has 0 amide bonds. The van der Waals surface area contributed by atoms with Crippen LogP contribution in [0.25, 0.3) is 0 Å². The quantitative estimate of drug-likeness (QED) is 0.646. The van der Waals surface area contributed by atoms with Crippen molar-refractivity contribution in [3.05, 3.63) is 0 Å². The van der Waals surface area contributed by atoms with Crippen molar-refractivity contribution in [3.63, 3.8) is 0 Å². The van der Waals surface area contributed by atoms with Gasteiger partial charge in [0.2, 0.25) is 0 Å². The van der Waals surface area contributed by atoms with Crippen LogP contribution in [0.15, 0.2) is 0 Å². The number of β-amino-alcohol motifs (C(OH)–C–C–N with tert-alkyl or cyclic N) is 1. The molecule has 0 aromatic carbocycles. The number of aliphatic hydroxyl groups excluding tert-OH is 1. The highest BCUT2D eigenvalue weighted by molar-refractivity contribution is 4.88. The van der Waals surface area contributed by atoms with Gasteiger partial charge in [-0.05, 0) is 31.1 Å². The molecule has 2 aliphatic rings. The summed E-state index contributed by atoms with van der Waals surface area (Å²) in [5.74, 6) is 1.74. The van der Waals surface area contributed by atoms with E-state index in [4.69, 9.17) is 0 Å². The maximum absolute atomic E-state index is 9.43. The molecular weight excluding hydrogens is 162 g/mol. The van der Waals surface area contributed by atoms with Crippen LogP contribution in [0, 0.1) is 11.8 Å². The van der Waals surface area contributed by atoms with Crippen LogP contribution in [-0.4, -0.2) is 23.8 Å². The zero-order valence-electron chi connectivity index (χ0n) is 8.50. The van der Waals surface area contributed by atoms with Crippen LogP contribution in [0.2, 0.25) is 0 Å². The lowest BCUT2D eigenvalue weighted by Gasteiger charge is -2.31. The highest BCUT2D eigenvalue weighted by Crippen LogP contribution is 2.33. The van der Waals surface area contributed by atoms with Gasteiger partial charge < -0.3 is 10.4 Å². The predicted molar refractivity (Wildman–Crippen MR) is 53.5 cm³/mol. The Balaban J connectivity index is 1.85. The van der Waals surface area contributed by atoms with Gasteiger partial charge in [0, 0.05) is 12.6 Å². The Morgan fingerprint density at radius 3 is 2.69 bits per heavy atom. The van der Waals surface area contributed by atoms with Crippen LogP contribution in [0.1, 0.15) is 39.0 Å². The van der Waals surface area contributed by atoms with Crippen LogP contribution in [0.3, 0.4) is 0 Å². The number of hydrogen-bond donors (Lipinski definition) is 2. The predicted octanol–water partition coefficient (Wildman–Crippen LogP) is 1.54. The van der Waals surface area contributed by atoms with Gasteiger partial charge in [0.05, 0.1) is 6.10 Å². The van der Waals surface area contributed by atoms with Gasteiger partial charge in [-0.15, -0.1) is 0 Å². The fourth-order valence-corrected chi connectivity index (χ4v) is 2.95. The Kier molecular flexibility index (Phi) is 2.89. The molecule has 4 atom stereocenters. The molecule has 76 valence electrons. The summed E-state index contributed by atoms with van der Waals surface area (Å²) in [5, 5.41) is 12.9. The first-order valence-electron chi connectivity index (χ1n) is 5.67. The summed E-state index contributed by atoms with van der Waals surface area (Å²) < 4.78 is 0. The molecular formula is C11H21NO. The molecule has 2 N–H and O–H groups in total. The lowest BCUT2D eigenvalue weighted by atomic mass is 9.78. The SMILES string of the molecule is CC1CCCC(C2CC(O)CN2)C1. The Labute approximate surface area is 80.7 Å². The number of nitrogens with one attached hydrogen (secondary N) is 1. The fourth-order valence-electron chi connectivity index (χ4n) is 2.95. The molecule has 2 rings (SSSR count). The van der Waals surface area contributed by atoms with Crippen LogP contribution in [-0.2, 0) is 0 Å². The molecule has 1 aliphatic carbocycles. The van der Waals surface area contributed by atoms with E-state index in [1.54, 1.807) is 0 Å². The molecule has 2 fully saturated rings. The first-order valence-corrected chi connectivity index (χ1v) is 5.67. The molecule has 2 nitrogen and oxygen atoms in total. The van der Waals surface area contributed by atoms with Crippen molar-refractivity contribution in [1.29, 1.82) is 0 Å². The first-order chi connectivity index (χ1) is 6.25. The second-order valence-electron chi connectivity index (χ2n) is 4.94. The number of aliphatic hydroxyl groups is 1. The van der Waals surface area contributed by atoms with Crippen molar-refractivity contribution in [2.24, 2.45) is 11.8 Å². The molecule has 0 aromatic rings. The first kappa shape index (κ1) is 9.47. The minimum Gasteiger partial charge on any atom is -0.392 e. The lowest BCUT2D eigenvalue weighted by molar-refractivity contribution is 0.179. The Hall–Kier alpha value is -0.0800. The van der Waals surface area contributed by atoms with E-state index in [2.05, 4.69) is 12.2 Å². The summed E-state index contributed by atoms with van der Waals surface area (Å²) in [6.07, 6.45) is 6.43. The normalized spacial score (nSPS) is 46.6. The standard InChI is InChI=1S/C11H21NO/c1-8-3-2-4-9(5-8)11-6-10(13)7-12-11/h8-13H,2-7H2,1H3. The summed E-state index contributed by atoms with van der Waals surface area (Å²) in [4.78, 5) is 0. The summed E-state index contributed by atoms with van der Waals surface area (Å²) >= 11 is 0. The van der Waals surface area contributed by atoms with E-state index < -0.39 is 0 Å². The van der Waals surface area contributed by atoms with Crippen LogP contribution < -0.4 is 5.32 Å². The van der Waals surface area contributed by atoms with Gasteiger partial charge in [-0.1, -0.05) is 19.8 Å². The Bertz CT molecular complexity index is 171. The van der Waals surface area contributed by atoms with Gasteiger partial charge in [0.1, 0.15) is 0 Å². The van der Waals surface area contributed by atoms with Gasteiger partial charge in [-0.2, -0.15) is 0 Å². The third kappa shape index (κ3) is 2.23. The third-order valence-corrected chi connectivity index (χ3v) is 3.69. The summed E-state index contributed by atoms with van der Waals surface area (Å²) in [7, 11) is 0. The average Bonchev–Trinajstić information content (AvgIpc) is 2.52. The third-order valence-electron chi connectivity index (χ3n) is 3.69. The van der Waals surface area contributed by atoms with E-state index in [0.29, 0.717) is 6.04 Å². The molecule has 4 unspecified atom stereocenters. The van der Waals surface area contributed by atoms with Crippen molar-refractivity contribution in [1.82, 2.24) is 5.32 Å². The second kappa shape index (κ2) is 3.97. The van der Waals surface area contributed by atoms with Crippen molar-refractivity contribution in [2.75, 3.05) is 6.54 Å². The number of rotatable bonds is 1. The van der Waals surface area contributed by atoms with E-state index >= 15 is 0 Å². The molecule has 1 heterocycles. The minimum atomic E-state index is -0.0813. The smallest absolute Gasteiger partial charge is 0.0679 e. The molecule has 2 heteroatoms. The molecule has 0 aromatic heterocycles. The van der Waals surface area contributed by atoms with Crippen molar-refractivity contribution in [3.8, 4) is 0 Å². The van der Waals surface area contributed by atoms with Gasteiger partial charge in [-0.25, -0.2) is 0 Å². The Morgan fingerprint density at radius 2 is 2.08 bits per heavy atom. The van der Waals surface area contributed by atoms with Crippen LogP contribution in [0.5, 0.6) is 0 Å². The highest BCUT2D eigenvalue weighted by Gasteiger charge is 2.31. The maximum atomic E-state index is 9.43. The zero-order chi connectivity index (χ0) is 9.26. The van der Waals surface area contributed by atoms with Gasteiger partial charge in [0.15, 0.2) is 0 Å². The van der Waals surface area contributed by atoms with Gasteiger partial charge >= 0.3 is 0 Å². The molecule has 1 aliphatic heterocycles. The van der Waals surface area contributed by atoms with E-state index in [0.717, 1.165) is 24.8 Å². The van der Waals surface area contributed by atoms with Gasteiger partial charge in [-0.3, -0.25) is 0 Å². The summed E-state index contributed by atoms with van der Waals surface area (Å²) in [5.41, 5.74) is 0. The van der Waals surface area contributed by atoms with Crippen LogP contribution >= 0.6 is 0 Å². The highest BCUT2D eigenvalue weighted by atomic mass is 16.3. The minimum absolute atomic E-state index is 0.0813. The molecule has 13 heavy (non-hydrogen) atoms. The largest absolute Gasteiger partial charge is 0.392 e. The summed E-state index contributed by atoms with van der Waals surface area (Å²) in [6.45, 7) is 3.17. The van der Waals surface area contributed by atoms with Gasteiger partial charge in [0.25, 0.3) is 0 Å². The number of hydrogen-bond acceptors (Lipinski definition) is 2.